The lowest BCUT2D eigenvalue weighted by Crippen LogP contribution is -2.32. The van der Waals surface area contributed by atoms with Crippen molar-refractivity contribution < 1.29 is 4.74 Å². The monoisotopic (exact) mass is 190 g/mol. The largest absolute Gasteiger partial charge is 0.493 e. The van der Waals surface area contributed by atoms with Gasteiger partial charge in [0, 0.05) is 5.41 Å². The van der Waals surface area contributed by atoms with E-state index in [9.17, 15) is 0 Å². The van der Waals surface area contributed by atoms with Crippen molar-refractivity contribution >= 4 is 0 Å². The zero-order chi connectivity index (χ0) is 10.0. The third kappa shape index (κ3) is 2.09. The molecule has 0 atom stereocenters. The highest BCUT2D eigenvalue weighted by atomic mass is 16.5. The minimum absolute atomic E-state index is 0.448. The van der Waals surface area contributed by atoms with Gasteiger partial charge in [-0.2, -0.15) is 0 Å². The van der Waals surface area contributed by atoms with Crippen LogP contribution in [-0.4, -0.2) is 6.61 Å². The molecule has 0 saturated heterocycles. The lowest BCUT2D eigenvalue weighted by Gasteiger charge is -2.37. The van der Waals surface area contributed by atoms with Gasteiger partial charge in [0.1, 0.15) is 5.75 Å². The quantitative estimate of drug-likeness (QED) is 0.708. The van der Waals surface area contributed by atoms with Gasteiger partial charge in [0.05, 0.1) is 6.61 Å². The Morgan fingerprint density at radius 1 is 1.36 bits per heavy atom. The molecule has 1 aliphatic rings. The van der Waals surface area contributed by atoms with Crippen LogP contribution in [0.1, 0.15) is 31.7 Å². The van der Waals surface area contributed by atoms with Crippen LogP contribution >= 0.6 is 0 Å². The maximum atomic E-state index is 5.79. The summed E-state index contributed by atoms with van der Waals surface area (Å²) in [6.45, 7) is 5.28. The molecule has 76 valence electrons. The SMILES string of the molecule is Cc1cccc(OCC2(C)CCC2)c1. The zero-order valence-electron chi connectivity index (χ0n) is 9.05. The first kappa shape index (κ1) is 9.57. The summed E-state index contributed by atoms with van der Waals surface area (Å²) in [5, 5.41) is 0. The molecule has 1 heteroatoms. The Hall–Kier alpha value is -0.980. The van der Waals surface area contributed by atoms with E-state index in [1.54, 1.807) is 0 Å². The van der Waals surface area contributed by atoms with Gasteiger partial charge in [-0.25, -0.2) is 0 Å². The van der Waals surface area contributed by atoms with E-state index in [0.29, 0.717) is 5.41 Å². The lowest BCUT2D eigenvalue weighted by atomic mass is 9.71. The first-order chi connectivity index (χ1) is 6.68. The Balaban J connectivity index is 1.91. The fourth-order valence-corrected chi connectivity index (χ4v) is 1.89. The van der Waals surface area contributed by atoms with Gasteiger partial charge in [-0.3, -0.25) is 0 Å². The minimum Gasteiger partial charge on any atom is -0.493 e. The Kier molecular flexibility index (Phi) is 2.49. The van der Waals surface area contributed by atoms with Crippen LogP contribution in [0.2, 0.25) is 0 Å². The van der Waals surface area contributed by atoms with Gasteiger partial charge >= 0.3 is 0 Å². The van der Waals surface area contributed by atoms with Gasteiger partial charge < -0.3 is 4.74 Å². The van der Waals surface area contributed by atoms with E-state index in [2.05, 4.69) is 26.0 Å². The summed E-state index contributed by atoms with van der Waals surface area (Å²) in [4.78, 5) is 0. The van der Waals surface area contributed by atoms with E-state index >= 15 is 0 Å². The molecule has 0 aliphatic heterocycles. The molecule has 0 spiro atoms. The highest BCUT2D eigenvalue weighted by Gasteiger charge is 2.32. The molecule has 0 heterocycles. The Morgan fingerprint density at radius 3 is 2.71 bits per heavy atom. The van der Waals surface area contributed by atoms with Crippen molar-refractivity contribution in [3.63, 3.8) is 0 Å². The van der Waals surface area contributed by atoms with Crippen molar-refractivity contribution in [3.05, 3.63) is 29.8 Å². The first-order valence-corrected chi connectivity index (χ1v) is 5.37. The molecular weight excluding hydrogens is 172 g/mol. The number of rotatable bonds is 3. The topological polar surface area (TPSA) is 9.23 Å². The average Bonchev–Trinajstić information content (AvgIpc) is 2.12. The summed E-state index contributed by atoms with van der Waals surface area (Å²) >= 11 is 0. The molecule has 1 fully saturated rings. The predicted molar refractivity (Wildman–Crippen MR) is 58.6 cm³/mol. The van der Waals surface area contributed by atoms with Gasteiger partial charge in [0.25, 0.3) is 0 Å². The van der Waals surface area contributed by atoms with Crippen LogP contribution in [0.4, 0.5) is 0 Å². The van der Waals surface area contributed by atoms with Crippen LogP contribution in [0, 0.1) is 12.3 Å². The molecule has 0 radical (unpaired) electrons. The maximum absolute atomic E-state index is 5.79. The van der Waals surface area contributed by atoms with Gasteiger partial charge in [-0.05, 0) is 37.5 Å². The molecular formula is C13H18O. The first-order valence-electron chi connectivity index (χ1n) is 5.37. The highest BCUT2D eigenvalue weighted by Crippen LogP contribution is 2.40. The molecule has 0 amide bonds. The molecule has 14 heavy (non-hydrogen) atoms. The summed E-state index contributed by atoms with van der Waals surface area (Å²) in [6, 6.07) is 8.28. The fraction of sp³-hybridized carbons (Fsp3) is 0.538. The number of benzene rings is 1. The van der Waals surface area contributed by atoms with Crippen LogP contribution in [0.15, 0.2) is 24.3 Å². The van der Waals surface area contributed by atoms with E-state index in [1.165, 1.54) is 24.8 Å². The van der Waals surface area contributed by atoms with Crippen molar-refractivity contribution in [1.29, 1.82) is 0 Å². The van der Waals surface area contributed by atoms with E-state index in [4.69, 9.17) is 4.74 Å². The van der Waals surface area contributed by atoms with Gasteiger partial charge in [-0.15, -0.1) is 0 Å². The molecule has 1 aliphatic carbocycles. The summed E-state index contributed by atoms with van der Waals surface area (Å²) in [5.41, 5.74) is 1.71. The van der Waals surface area contributed by atoms with Crippen LogP contribution in [0.3, 0.4) is 0 Å². The second kappa shape index (κ2) is 3.64. The van der Waals surface area contributed by atoms with Crippen molar-refractivity contribution in [1.82, 2.24) is 0 Å². The third-order valence-electron chi connectivity index (χ3n) is 3.14. The summed E-state index contributed by atoms with van der Waals surface area (Å²) in [5.74, 6) is 1.01. The predicted octanol–water partition coefficient (Wildman–Crippen LogP) is 3.56. The van der Waals surface area contributed by atoms with Crippen LogP contribution < -0.4 is 4.74 Å². The van der Waals surface area contributed by atoms with Gasteiger partial charge in [0.2, 0.25) is 0 Å². The van der Waals surface area contributed by atoms with E-state index in [0.717, 1.165) is 12.4 Å². The fourth-order valence-electron chi connectivity index (χ4n) is 1.89. The molecule has 0 aromatic heterocycles. The summed E-state index contributed by atoms with van der Waals surface area (Å²) in [7, 11) is 0. The third-order valence-corrected chi connectivity index (χ3v) is 3.14. The van der Waals surface area contributed by atoms with E-state index in [-0.39, 0.29) is 0 Å². The van der Waals surface area contributed by atoms with Gasteiger partial charge in [-0.1, -0.05) is 25.5 Å². The highest BCUT2D eigenvalue weighted by molar-refractivity contribution is 5.27. The molecule has 1 saturated carbocycles. The zero-order valence-corrected chi connectivity index (χ0v) is 9.05. The van der Waals surface area contributed by atoms with Crippen molar-refractivity contribution in [2.45, 2.75) is 33.1 Å². The number of hydrogen-bond acceptors (Lipinski definition) is 1. The molecule has 2 rings (SSSR count). The van der Waals surface area contributed by atoms with Crippen molar-refractivity contribution in [2.24, 2.45) is 5.41 Å². The second-order valence-electron chi connectivity index (χ2n) is 4.77. The Bertz CT molecular complexity index is 313. The Labute approximate surface area is 86.1 Å². The van der Waals surface area contributed by atoms with Crippen molar-refractivity contribution in [2.75, 3.05) is 6.61 Å². The average molecular weight is 190 g/mol. The van der Waals surface area contributed by atoms with E-state index in [1.807, 2.05) is 12.1 Å². The summed E-state index contributed by atoms with van der Waals surface area (Å²) < 4.78 is 5.79. The standard InChI is InChI=1S/C13H18O/c1-11-5-3-6-12(9-11)14-10-13(2)7-4-8-13/h3,5-6,9H,4,7-8,10H2,1-2H3. The van der Waals surface area contributed by atoms with Crippen molar-refractivity contribution in [3.8, 4) is 5.75 Å². The number of ether oxygens (including phenoxy) is 1. The van der Waals surface area contributed by atoms with Crippen LogP contribution in [-0.2, 0) is 0 Å². The molecule has 1 aromatic carbocycles. The Morgan fingerprint density at radius 2 is 2.14 bits per heavy atom. The summed E-state index contributed by atoms with van der Waals surface area (Å²) in [6.07, 6.45) is 4.01. The molecule has 0 unspecified atom stereocenters. The maximum Gasteiger partial charge on any atom is 0.119 e. The van der Waals surface area contributed by atoms with Crippen LogP contribution in [0.25, 0.3) is 0 Å². The van der Waals surface area contributed by atoms with Gasteiger partial charge in [0.15, 0.2) is 0 Å². The number of aryl methyl sites for hydroxylation is 1. The van der Waals surface area contributed by atoms with Crippen LogP contribution in [0.5, 0.6) is 5.75 Å². The molecule has 0 bridgehead atoms. The minimum atomic E-state index is 0.448. The van der Waals surface area contributed by atoms with E-state index < -0.39 is 0 Å². The lowest BCUT2D eigenvalue weighted by molar-refractivity contribution is 0.0776. The molecule has 1 aromatic rings. The second-order valence-corrected chi connectivity index (χ2v) is 4.77. The number of hydrogen-bond donors (Lipinski definition) is 0. The molecule has 1 nitrogen and oxygen atoms in total. The normalized spacial score (nSPS) is 18.7. The molecule has 0 N–H and O–H groups in total. The smallest absolute Gasteiger partial charge is 0.119 e.